The number of ketones is 1. The number of benzene rings is 2. The van der Waals surface area contributed by atoms with E-state index in [9.17, 15) is 14.7 Å². The Morgan fingerprint density at radius 1 is 0.974 bits per heavy atom. The fourth-order valence-electron chi connectivity index (χ4n) is 4.83. The average Bonchev–Trinajstić information content (AvgIpc) is 2.96. The molecule has 1 fully saturated rings. The Kier molecular flexibility index (Phi) is 9.08. The van der Waals surface area contributed by atoms with Gasteiger partial charge in [0.15, 0.2) is 12.0 Å². The number of rotatable bonds is 9. The van der Waals surface area contributed by atoms with Crippen molar-refractivity contribution in [2.24, 2.45) is 5.92 Å². The summed E-state index contributed by atoms with van der Waals surface area (Å²) >= 11 is 0. The Labute approximate surface area is 225 Å². The van der Waals surface area contributed by atoms with E-state index < -0.39 is 6.23 Å². The molecule has 1 N–H and O–H groups in total. The van der Waals surface area contributed by atoms with E-state index >= 15 is 0 Å². The molecule has 38 heavy (non-hydrogen) atoms. The predicted octanol–water partition coefficient (Wildman–Crippen LogP) is 6.41. The first-order valence-electron chi connectivity index (χ1n) is 13.4. The zero-order valence-corrected chi connectivity index (χ0v) is 22.5. The number of pyridine rings is 1. The largest absolute Gasteiger partial charge is 0.378 e. The molecule has 1 aliphatic rings. The molecule has 2 aromatic carbocycles. The van der Waals surface area contributed by atoms with Gasteiger partial charge in [-0.1, -0.05) is 62.6 Å². The van der Waals surface area contributed by atoms with Gasteiger partial charge in [-0.15, -0.1) is 0 Å². The summed E-state index contributed by atoms with van der Waals surface area (Å²) in [6, 6.07) is 19.3. The highest BCUT2D eigenvalue weighted by Gasteiger charge is 2.32. The monoisotopic (exact) mass is 511 g/mol. The number of aromatic nitrogens is 1. The molecule has 3 aromatic rings. The van der Waals surface area contributed by atoms with Crippen molar-refractivity contribution in [1.82, 2.24) is 4.98 Å². The zero-order chi connectivity index (χ0) is 27.1. The lowest BCUT2D eigenvalue weighted by atomic mass is 9.88. The number of anilines is 2. The van der Waals surface area contributed by atoms with Gasteiger partial charge in [-0.3, -0.25) is 19.5 Å². The van der Waals surface area contributed by atoms with Gasteiger partial charge < -0.3 is 10.0 Å². The SMILES string of the molecule is CCC(=O)/C=C/c1cccc(N(C(=O)C2CCCCC2)C(O)c2ccc(-c3ccc(N(C)C)cc3)cn2)c1. The second kappa shape index (κ2) is 12.7. The van der Waals surface area contributed by atoms with E-state index in [1.807, 2.05) is 68.4 Å². The molecule has 1 heterocycles. The van der Waals surface area contributed by atoms with Crippen LogP contribution in [0.25, 0.3) is 17.2 Å². The maximum Gasteiger partial charge on any atom is 0.232 e. The van der Waals surface area contributed by atoms with E-state index in [-0.39, 0.29) is 17.6 Å². The van der Waals surface area contributed by atoms with Crippen molar-refractivity contribution in [3.63, 3.8) is 0 Å². The number of aliphatic hydroxyl groups is 1. The fourth-order valence-corrected chi connectivity index (χ4v) is 4.83. The van der Waals surface area contributed by atoms with Crippen LogP contribution in [-0.4, -0.2) is 35.9 Å². The summed E-state index contributed by atoms with van der Waals surface area (Å²) in [6.07, 6.45) is 9.05. The van der Waals surface area contributed by atoms with Gasteiger partial charge in [0.2, 0.25) is 5.91 Å². The Morgan fingerprint density at radius 3 is 2.32 bits per heavy atom. The molecule has 1 unspecified atom stereocenters. The van der Waals surface area contributed by atoms with Gasteiger partial charge in [-0.25, -0.2) is 0 Å². The number of carbonyl (C=O) groups excluding carboxylic acids is 2. The molecule has 1 atom stereocenters. The summed E-state index contributed by atoms with van der Waals surface area (Å²) in [7, 11) is 4.01. The van der Waals surface area contributed by atoms with Gasteiger partial charge in [-0.2, -0.15) is 0 Å². The van der Waals surface area contributed by atoms with Crippen LogP contribution in [0.5, 0.6) is 0 Å². The first kappa shape index (κ1) is 27.3. The predicted molar refractivity (Wildman–Crippen MR) is 154 cm³/mol. The van der Waals surface area contributed by atoms with Gasteiger partial charge in [0.05, 0.1) is 5.69 Å². The quantitative estimate of drug-likeness (QED) is 0.265. The summed E-state index contributed by atoms with van der Waals surface area (Å²) in [5.41, 5.74) is 4.86. The van der Waals surface area contributed by atoms with Gasteiger partial charge in [0.1, 0.15) is 0 Å². The molecule has 0 bridgehead atoms. The topological polar surface area (TPSA) is 73.7 Å². The minimum Gasteiger partial charge on any atom is -0.378 e. The lowest BCUT2D eigenvalue weighted by Crippen LogP contribution is -2.40. The normalized spacial score (nSPS) is 14.8. The van der Waals surface area contributed by atoms with Gasteiger partial charge in [0, 0.05) is 49.6 Å². The van der Waals surface area contributed by atoms with E-state index in [0.717, 1.165) is 54.5 Å². The van der Waals surface area contributed by atoms with E-state index in [2.05, 4.69) is 17.1 Å². The first-order chi connectivity index (χ1) is 18.4. The van der Waals surface area contributed by atoms with Crippen molar-refractivity contribution in [1.29, 1.82) is 0 Å². The lowest BCUT2D eigenvalue weighted by Gasteiger charge is -2.33. The third kappa shape index (κ3) is 6.56. The van der Waals surface area contributed by atoms with Gasteiger partial charge >= 0.3 is 0 Å². The van der Waals surface area contributed by atoms with E-state index in [1.165, 1.54) is 4.90 Å². The molecule has 198 valence electrons. The van der Waals surface area contributed by atoms with Gasteiger partial charge in [0.25, 0.3) is 0 Å². The van der Waals surface area contributed by atoms with Gasteiger partial charge in [-0.05, 0) is 60.4 Å². The van der Waals surface area contributed by atoms with E-state index in [4.69, 9.17) is 0 Å². The Hall–Kier alpha value is -3.77. The molecule has 1 amide bonds. The maximum absolute atomic E-state index is 13.8. The van der Waals surface area contributed by atoms with Crippen LogP contribution in [0.4, 0.5) is 11.4 Å². The zero-order valence-electron chi connectivity index (χ0n) is 22.5. The van der Waals surface area contributed by atoms with Crippen LogP contribution in [0.2, 0.25) is 0 Å². The highest BCUT2D eigenvalue weighted by Crippen LogP contribution is 2.33. The molecule has 0 radical (unpaired) electrons. The minimum atomic E-state index is -1.23. The van der Waals surface area contributed by atoms with Crippen molar-refractivity contribution in [3.05, 3.63) is 84.2 Å². The Morgan fingerprint density at radius 2 is 1.68 bits per heavy atom. The molecule has 1 aliphatic carbocycles. The molecule has 1 saturated carbocycles. The molecule has 0 saturated heterocycles. The molecule has 0 aliphatic heterocycles. The van der Waals surface area contributed by atoms with Crippen molar-refractivity contribution in [2.75, 3.05) is 23.9 Å². The first-order valence-corrected chi connectivity index (χ1v) is 13.4. The standard InChI is InChI=1S/C32H37N3O3/c1-4-29(36)19-13-23-9-8-12-28(21-23)35(31(37)25-10-6-5-7-11-25)32(38)30-20-16-26(22-33-30)24-14-17-27(18-15-24)34(2)3/h8-9,12-22,25,32,38H,4-7,10-11H2,1-3H3/b19-13+. The van der Waals surface area contributed by atoms with Crippen molar-refractivity contribution < 1.29 is 14.7 Å². The molecule has 6 nitrogen and oxygen atoms in total. The molecular weight excluding hydrogens is 474 g/mol. The lowest BCUT2D eigenvalue weighted by molar-refractivity contribution is -0.125. The number of hydrogen-bond acceptors (Lipinski definition) is 5. The van der Waals surface area contributed by atoms with E-state index in [1.54, 1.807) is 24.4 Å². The van der Waals surface area contributed by atoms with Crippen molar-refractivity contribution in [3.8, 4) is 11.1 Å². The third-order valence-corrected chi connectivity index (χ3v) is 7.16. The summed E-state index contributed by atoms with van der Waals surface area (Å²) in [4.78, 5) is 33.7. The number of allylic oxidation sites excluding steroid dienone is 1. The van der Waals surface area contributed by atoms with Crippen molar-refractivity contribution >= 4 is 29.1 Å². The molecule has 4 rings (SSSR count). The maximum atomic E-state index is 13.8. The fraction of sp³-hybridized carbons (Fsp3) is 0.344. The molecule has 0 spiro atoms. The van der Waals surface area contributed by atoms with Crippen molar-refractivity contribution in [2.45, 2.75) is 51.7 Å². The summed E-state index contributed by atoms with van der Waals surface area (Å²) in [5.74, 6) is -0.187. The van der Waals surface area contributed by atoms with Crippen LogP contribution in [0.15, 0.2) is 72.9 Å². The van der Waals surface area contributed by atoms with E-state index in [0.29, 0.717) is 17.8 Å². The van der Waals surface area contributed by atoms with Crippen LogP contribution in [0, 0.1) is 5.92 Å². The number of carbonyl (C=O) groups is 2. The Bertz CT molecular complexity index is 1260. The molecular formula is C32H37N3O3. The van der Waals surface area contributed by atoms with Crippen LogP contribution in [0.1, 0.15) is 62.9 Å². The second-order valence-electron chi connectivity index (χ2n) is 10.1. The second-order valence-corrected chi connectivity index (χ2v) is 10.1. The number of nitrogens with zero attached hydrogens (tertiary/aromatic N) is 3. The Balaban J connectivity index is 1.63. The third-order valence-electron chi connectivity index (χ3n) is 7.16. The molecule has 6 heteroatoms. The summed E-state index contributed by atoms with van der Waals surface area (Å²) in [5, 5.41) is 11.5. The minimum absolute atomic E-state index is 0.0335. The highest BCUT2D eigenvalue weighted by atomic mass is 16.3. The molecule has 1 aromatic heterocycles. The summed E-state index contributed by atoms with van der Waals surface area (Å²) in [6.45, 7) is 1.82. The van der Waals surface area contributed by atoms with Crippen LogP contribution in [-0.2, 0) is 9.59 Å². The van der Waals surface area contributed by atoms with Crippen LogP contribution in [0.3, 0.4) is 0 Å². The van der Waals surface area contributed by atoms with Crippen LogP contribution < -0.4 is 9.80 Å². The number of amides is 1. The summed E-state index contributed by atoms with van der Waals surface area (Å²) < 4.78 is 0. The average molecular weight is 512 g/mol. The smallest absolute Gasteiger partial charge is 0.232 e. The highest BCUT2D eigenvalue weighted by molar-refractivity contribution is 5.96. The van der Waals surface area contributed by atoms with Crippen LogP contribution >= 0.6 is 0 Å². The number of aliphatic hydroxyl groups excluding tert-OH is 1. The number of hydrogen-bond donors (Lipinski definition) is 1.